The predicted octanol–water partition coefficient (Wildman–Crippen LogP) is 7.57. The molecular formula is C28H20ClF3N4OS. The number of nitrogens with one attached hydrogen (secondary N) is 1. The molecule has 5 nitrogen and oxygen atoms in total. The molecule has 5 aromatic rings. The van der Waals surface area contributed by atoms with Crippen LogP contribution in [-0.4, -0.2) is 20.7 Å². The van der Waals surface area contributed by atoms with Gasteiger partial charge in [-0.2, -0.15) is 18.3 Å². The third-order valence-corrected chi connectivity index (χ3v) is 7.26. The molecular weight excluding hydrogens is 533 g/mol. The quantitative estimate of drug-likeness (QED) is 0.236. The van der Waals surface area contributed by atoms with Gasteiger partial charge in [-0.15, -0.1) is 11.3 Å². The lowest BCUT2D eigenvalue weighted by atomic mass is 10.1. The van der Waals surface area contributed by atoms with Crippen LogP contribution in [0.3, 0.4) is 0 Å². The molecule has 2 aromatic heterocycles. The topological polar surface area (TPSA) is 59.8 Å². The van der Waals surface area contributed by atoms with Crippen LogP contribution in [0.5, 0.6) is 0 Å². The van der Waals surface area contributed by atoms with Crippen LogP contribution in [0.4, 0.5) is 13.2 Å². The van der Waals surface area contributed by atoms with E-state index in [0.29, 0.717) is 26.9 Å². The summed E-state index contributed by atoms with van der Waals surface area (Å²) in [4.78, 5) is 18.7. The van der Waals surface area contributed by atoms with E-state index in [1.807, 2.05) is 49.4 Å². The maximum absolute atomic E-state index is 13.3. The van der Waals surface area contributed by atoms with E-state index in [9.17, 15) is 18.0 Å². The van der Waals surface area contributed by atoms with Crippen LogP contribution in [0, 0.1) is 6.92 Å². The van der Waals surface area contributed by atoms with Gasteiger partial charge >= 0.3 is 6.18 Å². The minimum Gasteiger partial charge on any atom is -0.348 e. The molecule has 3 aromatic carbocycles. The zero-order chi connectivity index (χ0) is 26.9. The summed E-state index contributed by atoms with van der Waals surface area (Å²) < 4.78 is 40.9. The first kappa shape index (κ1) is 25.7. The van der Waals surface area contributed by atoms with Gasteiger partial charge in [-0.25, -0.2) is 9.67 Å². The zero-order valence-electron chi connectivity index (χ0n) is 20.0. The van der Waals surface area contributed by atoms with Gasteiger partial charge in [0.15, 0.2) is 0 Å². The molecule has 0 radical (unpaired) electrons. The maximum Gasteiger partial charge on any atom is 0.416 e. The van der Waals surface area contributed by atoms with Gasteiger partial charge in [0, 0.05) is 23.3 Å². The molecule has 10 heteroatoms. The summed E-state index contributed by atoms with van der Waals surface area (Å²) in [5.41, 5.74) is 2.63. The van der Waals surface area contributed by atoms with E-state index in [-0.39, 0.29) is 12.1 Å². The van der Waals surface area contributed by atoms with Crippen molar-refractivity contribution in [3.63, 3.8) is 0 Å². The van der Waals surface area contributed by atoms with Crippen molar-refractivity contribution >= 4 is 28.8 Å². The molecule has 0 fully saturated rings. The SMILES string of the molecule is Cc1nc(-c2ccc(Cl)cc2)sc1-c1nn(-c2ccccc2)cc1C(=O)NCc1cccc(C(F)(F)F)c1. The lowest BCUT2D eigenvalue weighted by Gasteiger charge is -2.09. The van der Waals surface area contributed by atoms with Crippen LogP contribution in [-0.2, 0) is 12.7 Å². The molecule has 0 aliphatic rings. The van der Waals surface area contributed by atoms with E-state index in [1.54, 1.807) is 23.0 Å². The number of carbonyl (C=O) groups is 1. The van der Waals surface area contributed by atoms with Gasteiger partial charge in [0.2, 0.25) is 0 Å². The second-order valence-electron chi connectivity index (χ2n) is 8.49. The largest absolute Gasteiger partial charge is 0.416 e. The van der Waals surface area contributed by atoms with Gasteiger partial charge < -0.3 is 5.32 Å². The summed E-state index contributed by atoms with van der Waals surface area (Å²) in [6.07, 6.45) is -2.84. The minimum absolute atomic E-state index is 0.0730. The number of benzene rings is 3. The second kappa shape index (κ2) is 10.4. The summed E-state index contributed by atoms with van der Waals surface area (Å²) in [5.74, 6) is -0.458. The highest BCUT2D eigenvalue weighted by Gasteiger charge is 2.30. The number of aryl methyl sites for hydroxylation is 1. The number of para-hydroxylation sites is 1. The first-order valence-electron chi connectivity index (χ1n) is 11.5. The number of halogens is 4. The third-order valence-electron chi connectivity index (χ3n) is 5.79. The van der Waals surface area contributed by atoms with E-state index in [2.05, 4.69) is 10.3 Å². The molecule has 1 amide bonds. The summed E-state index contributed by atoms with van der Waals surface area (Å²) >= 11 is 7.42. The van der Waals surface area contributed by atoms with Crippen molar-refractivity contribution in [1.82, 2.24) is 20.1 Å². The Kier molecular flexibility index (Phi) is 7.05. The number of hydrogen-bond donors (Lipinski definition) is 1. The average molecular weight is 553 g/mol. The standard InChI is InChI=1S/C28H20ClF3N4OS/c1-17-25(38-27(34-17)19-10-12-21(29)13-11-19)24-23(16-36(35-24)22-8-3-2-4-9-22)26(37)33-15-18-6-5-7-20(14-18)28(30,31)32/h2-14,16H,15H2,1H3,(H,33,37). The number of nitrogens with zero attached hydrogens (tertiary/aromatic N) is 3. The molecule has 38 heavy (non-hydrogen) atoms. The molecule has 5 rings (SSSR count). The smallest absolute Gasteiger partial charge is 0.348 e. The van der Waals surface area contributed by atoms with Gasteiger partial charge in [0.1, 0.15) is 10.7 Å². The Morgan fingerprint density at radius 2 is 1.76 bits per heavy atom. The molecule has 0 aliphatic heterocycles. The molecule has 0 atom stereocenters. The first-order chi connectivity index (χ1) is 18.2. The summed E-state index contributed by atoms with van der Waals surface area (Å²) in [5, 5.41) is 8.82. The van der Waals surface area contributed by atoms with Crippen LogP contribution in [0.2, 0.25) is 5.02 Å². The van der Waals surface area contributed by atoms with Crippen molar-refractivity contribution in [3.05, 3.63) is 112 Å². The van der Waals surface area contributed by atoms with E-state index in [1.165, 1.54) is 23.5 Å². The Bertz CT molecular complexity index is 1590. The van der Waals surface area contributed by atoms with Gasteiger partial charge in [0.25, 0.3) is 5.91 Å². The Morgan fingerprint density at radius 1 is 1.03 bits per heavy atom. The lowest BCUT2D eigenvalue weighted by Crippen LogP contribution is -2.23. The van der Waals surface area contributed by atoms with E-state index < -0.39 is 17.6 Å². The van der Waals surface area contributed by atoms with Crippen molar-refractivity contribution in [3.8, 4) is 26.8 Å². The zero-order valence-corrected chi connectivity index (χ0v) is 21.5. The van der Waals surface area contributed by atoms with Crippen molar-refractivity contribution in [2.75, 3.05) is 0 Å². The number of alkyl halides is 3. The number of rotatable bonds is 6. The van der Waals surface area contributed by atoms with E-state index >= 15 is 0 Å². The highest BCUT2D eigenvalue weighted by atomic mass is 35.5. The van der Waals surface area contributed by atoms with Crippen LogP contribution in [0.25, 0.3) is 26.8 Å². The number of aromatic nitrogens is 3. The Balaban J connectivity index is 1.49. The number of hydrogen-bond acceptors (Lipinski definition) is 4. The minimum atomic E-state index is -4.46. The van der Waals surface area contributed by atoms with Crippen LogP contribution in [0.15, 0.2) is 85.1 Å². The molecule has 0 spiro atoms. The van der Waals surface area contributed by atoms with Gasteiger partial charge in [0.05, 0.1) is 27.4 Å². The fraction of sp³-hybridized carbons (Fsp3) is 0.107. The fourth-order valence-electron chi connectivity index (χ4n) is 3.89. The molecule has 0 saturated heterocycles. The molecule has 1 N–H and O–H groups in total. The Morgan fingerprint density at radius 3 is 2.47 bits per heavy atom. The number of carbonyl (C=O) groups excluding carboxylic acids is 1. The normalized spacial score (nSPS) is 11.5. The van der Waals surface area contributed by atoms with Crippen molar-refractivity contribution in [1.29, 1.82) is 0 Å². The van der Waals surface area contributed by atoms with E-state index in [4.69, 9.17) is 16.7 Å². The monoisotopic (exact) mass is 552 g/mol. The molecule has 192 valence electrons. The Hall–Kier alpha value is -3.95. The van der Waals surface area contributed by atoms with Crippen LogP contribution >= 0.6 is 22.9 Å². The highest BCUT2D eigenvalue weighted by Crippen LogP contribution is 2.37. The molecule has 0 saturated carbocycles. The summed E-state index contributed by atoms with van der Waals surface area (Å²) in [6, 6.07) is 21.5. The maximum atomic E-state index is 13.3. The highest BCUT2D eigenvalue weighted by molar-refractivity contribution is 7.18. The average Bonchev–Trinajstić information content (AvgIpc) is 3.52. The molecule has 0 unspecified atom stereocenters. The molecule has 0 aliphatic carbocycles. The van der Waals surface area contributed by atoms with Crippen LogP contribution < -0.4 is 5.32 Å². The molecule has 0 bridgehead atoms. The number of amides is 1. The second-order valence-corrected chi connectivity index (χ2v) is 9.93. The van der Waals surface area contributed by atoms with Gasteiger partial charge in [-0.3, -0.25) is 4.79 Å². The van der Waals surface area contributed by atoms with Gasteiger partial charge in [-0.05, 0) is 48.9 Å². The Labute approximate surface area is 225 Å². The predicted molar refractivity (Wildman–Crippen MR) is 142 cm³/mol. The van der Waals surface area contributed by atoms with Gasteiger partial charge in [-0.1, -0.05) is 54.1 Å². The van der Waals surface area contributed by atoms with Crippen molar-refractivity contribution in [2.24, 2.45) is 0 Å². The van der Waals surface area contributed by atoms with Crippen molar-refractivity contribution in [2.45, 2.75) is 19.6 Å². The van der Waals surface area contributed by atoms with E-state index in [0.717, 1.165) is 28.4 Å². The first-order valence-corrected chi connectivity index (χ1v) is 12.7. The summed E-state index contributed by atoms with van der Waals surface area (Å²) in [7, 11) is 0. The third kappa shape index (κ3) is 5.49. The summed E-state index contributed by atoms with van der Waals surface area (Å²) in [6.45, 7) is 1.77. The fourth-order valence-corrected chi connectivity index (χ4v) is 5.08. The van der Waals surface area contributed by atoms with Crippen molar-refractivity contribution < 1.29 is 18.0 Å². The number of thiazole rings is 1. The lowest BCUT2D eigenvalue weighted by molar-refractivity contribution is -0.137. The molecule has 2 heterocycles. The van der Waals surface area contributed by atoms with Crippen LogP contribution in [0.1, 0.15) is 27.2 Å².